The molecule has 3 saturated carbocycles. The minimum atomic E-state index is -0.736. The highest BCUT2D eigenvalue weighted by Gasteiger charge is 2.68. The van der Waals surface area contributed by atoms with E-state index >= 15 is 0 Å². The molecule has 2 saturated heterocycles. The molecule has 0 radical (unpaired) electrons. The fourth-order valence-corrected chi connectivity index (χ4v) is 7.87. The van der Waals surface area contributed by atoms with Crippen molar-refractivity contribution in [1.82, 2.24) is 15.5 Å². The van der Waals surface area contributed by atoms with E-state index in [0.717, 1.165) is 31.2 Å². The number of hydrogen-bond acceptors (Lipinski definition) is 6. The Morgan fingerprint density at radius 2 is 1.90 bits per heavy atom. The first-order valence-electron chi connectivity index (χ1n) is 15.3. The van der Waals surface area contributed by atoms with E-state index in [1.165, 1.54) is 6.92 Å². The second-order valence-corrected chi connectivity index (χ2v) is 13.2. The number of nitrogens with one attached hydrogen (secondary N) is 2. The van der Waals surface area contributed by atoms with Crippen molar-refractivity contribution >= 4 is 24.8 Å². The van der Waals surface area contributed by atoms with Crippen molar-refractivity contribution in [1.29, 1.82) is 0 Å². The quantitative estimate of drug-likeness (QED) is 0.315. The largest absolute Gasteiger partial charge is 0.481 e. The van der Waals surface area contributed by atoms with Crippen LogP contribution in [-0.2, 0) is 34.9 Å². The van der Waals surface area contributed by atoms with E-state index in [9.17, 15) is 14.4 Å². The molecule has 0 spiro atoms. The number of methoxy groups -OCH3 is 1. The number of amides is 3. The van der Waals surface area contributed by atoms with E-state index in [-0.39, 0.29) is 40.8 Å². The van der Waals surface area contributed by atoms with E-state index in [1.54, 1.807) is 12.0 Å². The number of benzene rings is 1. The fourth-order valence-electron chi connectivity index (χ4n) is 7.87. The maximum absolute atomic E-state index is 13.8. The molecule has 3 aliphatic carbocycles. The number of nitrogens with zero attached hydrogens (tertiary/aromatic N) is 1. The van der Waals surface area contributed by atoms with Gasteiger partial charge in [0.1, 0.15) is 12.1 Å². The number of carbonyl (C=O) groups excluding carboxylic acids is 3. The number of ether oxygens (including phenoxy) is 1. The number of rotatable bonds is 11. The highest BCUT2D eigenvalue weighted by atomic mass is 16.7. The fraction of sp³-hybridized carbons (Fsp3) is 0.710. The molecule has 2 heterocycles. The van der Waals surface area contributed by atoms with Crippen LogP contribution in [0, 0.1) is 17.3 Å². The van der Waals surface area contributed by atoms with Crippen molar-refractivity contribution in [2.24, 2.45) is 17.3 Å². The summed E-state index contributed by atoms with van der Waals surface area (Å²) >= 11 is 0. The van der Waals surface area contributed by atoms with Crippen LogP contribution in [0.4, 0.5) is 0 Å². The van der Waals surface area contributed by atoms with Crippen LogP contribution in [0.15, 0.2) is 30.3 Å². The van der Waals surface area contributed by atoms with E-state index in [4.69, 9.17) is 14.0 Å². The average Bonchev–Trinajstić information content (AvgIpc) is 3.56. The van der Waals surface area contributed by atoms with Gasteiger partial charge in [-0.1, -0.05) is 44.2 Å². The topological polar surface area (TPSA) is 106 Å². The number of likely N-dealkylation sites (tertiary alicyclic amines) is 1. The van der Waals surface area contributed by atoms with E-state index in [1.807, 2.05) is 30.3 Å². The van der Waals surface area contributed by atoms with Gasteiger partial charge in [-0.15, -0.1) is 0 Å². The van der Waals surface area contributed by atoms with Crippen LogP contribution in [0.2, 0.25) is 0 Å². The first-order valence-corrected chi connectivity index (χ1v) is 15.3. The van der Waals surface area contributed by atoms with Gasteiger partial charge in [-0.2, -0.15) is 0 Å². The molecule has 9 nitrogen and oxygen atoms in total. The number of carbonyl (C=O) groups is 3. The van der Waals surface area contributed by atoms with E-state index < -0.39 is 19.2 Å². The first-order chi connectivity index (χ1) is 19.5. The zero-order valence-electron chi connectivity index (χ0n) is 25.2. The van der Waals surface area contributed by atoms with Gasteiger partial charge >= 0.3 is 7.12 Å². The first kappa shape index (κ1) is 30.0. The molecule has 0 unspecified atom stereocenters. The summed E-state index contributed by atoms with van der Waals surface area (Å²) in [5, 5.41) is 6.04. The maximum Gasteiger partial charge on any atom is 0.481 e. The van der Waals surface area contributed by atoms with Gasteiger partial charge in [0.2, 0.25) is 17.7 Å². The third kappa shape index (κ3) is 5.93. The lowest BCUT2D eigenvalue weighted by Gasteiger charge is -2.64. The van der Waals surface area contributed by atoms with Gasteiger partial charge in [0.25, 0.3) is 0 Å². The number of hydrogen-bond donors (Lipinski definition) is 2. The van der Waals surface area contributed by atoms with Crippen molar-refractivity contribution < 1.29 is 28.4 Å². The molecule has 6 rings (SSSR count). The Kier molecular flexibility index (Phi) is 8.83. The molecule has 224 valence electrons. The van der Waals surface area contributed by atoms with Crippen molar-refractivity contribution in [3.63, 3.8) is 0 Å². The maximum atomic E-state index is 13.8. The van der Waals surface area contributed by atoms with Crippen LogP contribution >= 0.6 is 0 Å². The molecule has 1 aromatic rings. The Bertz CT molecular complexity index is 1120. The highest BCUT2D eigenvalue weighted by molar-refractivity contribution is 6.47. The molecule has 2 aliphatic heterocycles. The lowest BCUT2D eigenvalue weighted by atomic mass is 9.43. The van der Waals surface area contributed by atoms with Gasteiger partial charge in [-0.05, 0) is 68.3 Å². The minimum Gasteiger partial charge on any atom is -0.404 e. The summed E-state index contributed by atoms with van der Waals surface area (Å²) < 4.78 is 18.5. The lowest BCUT2D eigenvalue weighted by Crippen LogP contribution is -2.65. The zero-order chi connectivity index (χ0) is 29.4. The van der Waals surface area contributed by atoms with Crippen LogP contribution in [0.25, 0.3) is 0 Å². The summed E-state index contributed by atoms with van der Waals surface area (Å²) in [6.45, 7) is 9.31. The Morgan fingerprint density at radius 1 is 1.15 bits per heavy atom. The summed E-state index contributed by atoms with van der Waals surface area (Å²) in [4.78, 5) is 41.2. The second kappa shape index (κ2) is 12.1. The summed E-state index contributed by atoms with van der Waals surface area (Å²) in [5.41, 5.74) is 0.809. The van der Waals surface area contributed by atoms with Crippen LogP contribution in [0.3, 0.4) is 0 Å². The molecule has 0 aromatic heterocycles. The van der Waals surface area contributed by atoms with E-state index in [0.29, 0.717) is 44.2 Å². The normalized spacial score (nSPS) is 31.1. The Hall–Kier alpha value is -2.43. The standard InChI is InChI=1S/C31H46BN3O6/c1-20(36)33-23(17-21-11-7-6-8-12-21)29(38)35-15-9-13-24(35)28(37)34-27(14-10-16-39-5)32-40-26-19-22-18-25(30(22,2)3)31(26,4)41-32/h6-8,11-12,22-27H,9-10,13-19H2,1-5H3,(H,33,36)(H,34,37)/t22-,23+,24-,25-,26+,27+,31-/m0/s1. The van der Waals surface area contributed by atoms with Crippen LogP contribution < -0.4 is 10.6 Å². The Balaban J connectivity index is 1.28. The van der Waals surface area contributed by atoms with Crippen molar-refractivity contribution in [2.45, 2.75) is 102 Å². The van der Waals surface area contributed by atoms with Crippen LogP contribution in [0.5, 0.6) is 0 Å². The predicted octanol–water partition coefficient (Wildman–Crippen LogP) is 2.90. The molecule has 5 fully saturated rings. The van der Waals surface area contributed by atoms with Gasteiger partial charge in [0.15, 0.2) is 0 Å². The van der Waals surface area contributed by atoms with Gasteiger partial charge in [0, 0.05) is 33.6 Å². The van der Waals surface area contributed by atoms with Crippen molar-refractivity contribution in [2.75, 3.05) is 20.3 Å². The molecule has 2 bridgehead atoms. The molecular weight excluding hydrogens is 521 g/mol. The molecule has 41 heavy (non-hydrogen) atoms. The van der Waals surface area contributed by atoms with Crippen LogP contribution in [-0.4, -0.2) is 79.7 Å². The van der Waals surface area contributed by atoms with Crippen molar-refractivity contribution in [3.8, 4) is 0 Å². The minimum absolute atomic E-state index is 0.0204. The molecule has 3 amide bonds. The Morgan fingerprint density at radius 3 is 2.59 bits per heavy atom. The third-order valence-corrected chi connectivity index (χ3v) is 10.3. The predicted molar refractivity (Wildman–Crippen MR) is 156 cm³/mol. The molecule has 10 heteroatoms. The molecular formula is C31H46BN3O6. The molecule has 7 atom stereocenters. The zero-order valence-corrected chi connectivity index (χ0v) is 25.2. The van der Waals surface area contributed by atoms with Crippen LogP contribution in [0.1, 0.15) is 71.8 Å². The third-order valence-electron chi connectivity index (χ3n) is 10.3. The second-order valence-electron chi connectivity index (χ2n) is 13.2. The summed E-state index contributed by atoms with van der Waals surface area (Å²) in [5.74, 6) is 0.0120. The van der Waals surface area contributed by atoms with Gasteiger partial charge < -0.3 is 29.6 Å². The van der Waals surface area contributed by atoms with Gasteiger partial charge in [-0.25, -0.2) is 0 Å². The highest BCUT2D eigenvalue weighted by Crippen LogP contribution is 2.65. The van der Waals surface area contributed by atoms with Gasteiger partial charge in [0.05, 0.1) is 17.6 Å². The molecule has 2 N–H and O–H groups in total. The summed E-state index contributed by atoms with van der Waals surface area (Å²) in [7, 11) is 1.13. The summed E-state index contributed by atoms with van der Waals surface area (Å²) in [6, 6.07) is 8.27. The lowest BCUT2D eigenvalue weighted by molar-refractivity contribution is -0.199. The molecule has 1 aromatic carbocycles. The van der Waals surface area contributed by atoms with E-state index in [2.05, 4.69) is 31.4 Å². The Labute approximate surface area is 244 Å². The smallest absolute Gasteiger partial charge is 0.404 e. The van der Waals surface area contributed by atoms with Crippen molar-refractivity contribution in [3.05, 3.63) is 35.9 Å². The molecule has 5 aliphatic rings. The average molecular weight is 568 g/mol. The van der Waals surface area contributed by atoms with Gasteiger partial charge in [-0.3, -0.25) is 14.4 Å². The SMILES string of the molecule is COCCC[C@@H](NC(=O)[C@@H]1CCCN1C(=O)[C@@H](Cc1ccccc1)NC(C)=O)B1O[C@@H]2C[C@@H]3C[C@@H](C3(C)C)[C@]2(C)O1. The monoisotopic (exact) mass is 567 g/mol. The summed E-state index contributed by atoms with van der Waals surface area (Å²) in [6.07, 6.45) is 5.22.